The highest BCUT2D eigenvalue weighted by atomic mass is 16.4. The van der Waals surface area contributed by atoms with E-state index >= 15 is 0 Å². The molecular weight excluding hydrogens is 220 g/mol. The highest BCUT2D eigenvalue weighted by molar-refractivity contribution is 5.82. The topological polar surface area (TPSA) is 69.6 Å². The van der Waals surface area contributed by atoms with Gasteiger partial charge in [-0.1, -0.05) is 6.42 Å². The number of hydrogen-bond donors (Lipinski definition) is 2. The van der Waals surface area contributed by atoms with Gasteiger partial charge >= 0.3 is 5.97 Å². The van der Waals surface area contributed by atoms with Gasteiger partial charge in [0.05, 0.1) is 6.04 Å². The number of nitrogens with one attached hydrogen (secondary N) is 1. The molecule has 4 atom stereocenters. The molecule has 2 aliphatic rings. The molecule has 1 saturated heterocycles. The second-order valence-corrected chi connectivity index (χ2v) is 5.12. The number of fused-ring (bicyclic) bond motifs is 1. The van der Waals surface area contributed by atoms with E-state index in [0.29, 0.717) is 5.92 Å². The molecule has 1 aliphatic carbocycles. The molecule has 5 nitrogen and oxygen atoms in total. The van der Waals surface area contributed by atoms with E-state index in [1.54, 1.807) is 14.0 Å². The standard InChI is InChI=1S/C12H20N2O3/c1-7(11(15)13-2)14-6-8-4-3-5-9(8)10(14)12(16)17/h7-10H,3-6H2,1-2H3,(H,13,15)(H,16,17). The molecule has 0 bridgehead atoms. The molecule has 0 radical (unpaired) electrons. The van der Waals surface area contributed by atoms with Crippen LogP contribution in [0.2, 0.25) is 0 Å². The number of hydrogen-bond acceptors (Lipinski definition) is 3. The Morgan fingerprint density at radius 2 is 2.12 bits per heavy atom. The molecule has 0 aromatic heterocycles. The molecule has 2 rings (SSSR count). The van der Waals surface area contributed by atoms with E-state index in [2.05, 4.69) is 5.32 Å². The number of likely N-dealkylation sites (N-methyl/N-ethyl adjacent to an activating group) is 1. The second kappa shape index (κ2) is 4.64. The molecule has 17 heavy (non-hydrogen) atoms. The zero-order chi connectivity index (χ0) is 12.6. The van der Waals surface area contributed by atoms with Crippen molar-refractivity contribution in [2.45, 2.75) is 38.3 Å². The number of carboxylic acid groups (broad SMARTS) is 1. The number of aliphatic carboxylic acids is 1. The van der Waals surface area contributed by atoms with Crippen LogP contribution in [-0.2, 0) is 9.59 Å². The number of nitrogens with zero attached hydrogens (tertiary/aromatic N) is 1. The average molecular weight is 240 g/mol. The Morgan fingerprint density at radius 3 is 2.71 bits per heavy atom. The summed E-state index contributed by atoms with van der Waals surface area (Å²) >= 11 is 0. The molecule has 2 N–H and O–H groups in total. The molecular formula is C12H20N2O3. The van der Waals surface area contributed by atoms with Crippen LogP contribution in [-0.4, -0.2) is 47.6 Å². The number of rotatable bonds is 3. The lowest BCUT2D eigenvalue weighted by Crippen LogP contribution is -2.50. The molecule has 1 amide bonds. The maximum absolute atomic E-state index is 11.6. The summed E-state index contributed by atoms with van der Waals surface area (Å²) < 4.78 is 0. The van der Waals surface area contributed by atoms with Crippen molar-refractivity contribution < 1.29 is 14.7 Å². The predicted molar refractivity (Wildman–Crippen MR) is 62.5 cm³/mol. The molecule has 0 aromatic rings. The quantitative estimate of drug-likeness (QED) is 0.744. The zero-order valence-corrected chi connectivity index (χ0v) is 10.3. The fourth-order valence-corrected chi connectivity index (χ4v) is 3.42. The van der Waals surface area contributed by atoms with Crippen LogP contribution in [0.5, 0.6) is 0 Å². The van der Waals surface area contributed by atoms with Gasteiger partial charge in [0, 0.05) is 13.6 Å². The Kier molecular flexibility index (Phi) is 3.38. The van der Waals surface area contributed by atoms with Crippen LogP contribution in [0.15, 0.2) is 0 Å². The normalized spacial score (nSPS) is 34.4. The molecule has 1 saturated carbocycles. The summed E-state index contributed by atoms with van der Waals surface area (Å²) in [6.07, 6.45) is 3.21. The summed E-state index contributed by atoms with van der Waals surface area (Å²) in [5, 5.41) is 12.0. The van der Waals surface area contributed by atoms with E-state index in [-0.39, 0.29) is 17.9 Å². The zero-order valence-electron chi connectivity index (χ0n) is 10.3. The maximum Gasteiger partial charge on any atom is 0.321 e. The first-order valence-electron chi connectivity index (χ1n) is 6.26. The van der Waals surface area contributed by atoms with Gasteiger partial charge in [0.2, 0.25) is 5.91 Å². The summed E-state index contributed by atoms with van der Waals surface area (Å²) in [7, 11) is 1.59. The summed E-state index contributed by atoms with van der Waals surface area (Å²) in [6.45, 7) is 2.53. The molecule has 0 aromatic carbocycles. The fourth-order valence-electron chi connectivity index (χ4n) is 3.42. The number of amides is 1. The molecule has 0 spiro atoms. The Labute approximate surface area is 101 Å². The minimum Gasteiger partial charge on any atom is -0.480 e. The minimum atomic E-state index is -0.782. The minimum absolute atomic E-state index is 0.101. The molecule has 2 fully saturated rings. The van der Waals surface area contributed by atoms with Crippen molar-refractivity contribution in [3.05, 3.63) is 0 Å². The van der Waals surface area contributed by atoms with Crippen LogP contribution in [0.4, 0.5) is 0 Å². The Morgan fingerprint density at radius 1 is 1.41 bits per heavy atom. The fraction of sp³-hybridized carbons (Fsp3) is 0.833. The van der Waals surface area contributed by atoms with Crippen LogP contribution in [0.1, 0.15) is 26.2 Å². The van der Waals surface area contributed by atoms with Crippen molar-refractivity contribution in [1.29, 1.82) is 0 Å². The first-order valence-corrected chi connectivity index (χ1v) is 6.26. The van der Waals surface area contributed by atoms with Crippen molar-refractivity contribution in [3.63, 3.8) is 0 Å². The van der Waals surface area contributed by atoms with Crippen molar-refractivity contribution >= 4 is 11.9 Å². The monoisotopic (exact) mass is 240 g/mol. The largest absolute Gasteiger partial charge is 0.480 e. The van der Waals surface area contributed by atoms with Crippen LogP contribution in [0, 0.1) is 11.8 Å². The smallest absolute Gasteiger partial charge is 0.321 e. The molecule has 1 heterocycles. The van der Waals surface area contributed by atoms with E-state index in [1.807, 2.05) is 4.90 Å². The van der Waals surface area contributed by atoms with Crippen LogP contribution in [0.25, 0.3) is 0 Å². The van der Waals surface area contributed by atoms with E-state index < -0.39 is 12.0 Å². The summed E-state index contributed by atoms with van der Waals surface area (Å²) in [5.74, 6) is -0.186. The number of likely N-dealkylation sites (tertiary alicyclic amines) is 1. The lowest BCUT2D eigenvalue weighted by atomic mass is 9.94. The van der Waals surface area contributed by atoms with Crippen LogP contribution in [0.3, 0.4) is 0 Å². The molecule has 5 heteroatoms. The number of carbonyl (C=O) groups excluding carboxylic acids is 1. The summed E-state index contributed by atoms with van der Waals surface area (Å²) in [5.41, 5.74) is 0. The predicted octanol–water partition coefficient (Wildman–Crippen LogP) is 0.306. The molecule has 4 unspecified atom stereocenters. The van der Waals surface area contributed by atoms with Gasteiger partial charge in [-0.3, -0.25) is 14.5 Å². The van der Waals surface area contributed by atoms with Gasteiger partial charge in [-0.15, -0.1) is 0 Å². The molecule has 96 valence electrons. The van der Waals surface area contributed by atoms with E-state index in [4.69, 9.17) is 0 Å². The second-order valence-electron chi connectivity index (χ2n) is 5.12. The van der Waals surface area contributed by atoms with Crippen molar-refractivity contribution in [1.82, 2.24) is 10.2 Å². The number of carboxylic acids is 1. The van der Waals surface area contributed by atoms with Gasteiger partial charge in [-0.05, 0) is 31.6 Å². The van der Waals surface area contributed by atoms with Crippen molar-refractivity contribution in [2.24, 2.45) is 11.8 Å². The van der Waals surface area contributed by atoms with Crippen molar-refractivity contribution in [2.75, 3.05) is 13.6 Å². The third kappa shape index (κ3) is 2.04. The van der Waals surface area contributed by atoms with E-state index in [9.17, 15) is 14.7 Å². The summed E-state index contributed by atoms with van der Waals surface area (Å²) in [6, 6.07) is -0.832. The van der Waals surface area contributed by atoms with Crippen molar-refractivity contribution in [3.8, 4) is 0 Å². The van der Waals surface area contributed by atoms with E-state index in [1.165, 1.54) is 0 Å². The lowest BCUT2D eigenvalue weighted by Gasteiger charge is -2.28. The van der Waals surface area contributed by atoms with Gasteiger partial charge < -0.3 is 10.4 Å². The van der Waals surface area contributed by atoms with E-state index in [0.717, 1.165) is 25.8 Å². The van der Waals surface area contributed by atoms with Gasteiger partial charge in [-0.2, -0.15) is 0 Å². The van der Waals surface area contributed by atoms with Crippen LogP contribution < -0.4 is 5.32 Å². The average Bonchev–Trinajstić information content (AvgIpc) is 2.85. The Balaban J connectivity index is 2.17. The van der Waals surface area contributed by atoms with Crippen LogP contribution >= 0.6 is 0 Å². The third-order valence-electron chi connectivity index (χ3n) is 4.30. The highest BCUT2D eigenvalue weighted by Crippen LogP contribution is 2.42. The first-order chi connectivity index (χ1) is 8.06. The van der Waals surface area contributed by atoms with Gasteiger partial charge in [0.25, 0.3) is 0 Å². The van der Waals surface area contributed by atoms with Gasteiger partial charge in [0.1, 0.15) is 6.04 Å². The highest BCUT2D eigenvalue weighted by Gasteiger charge is 2.49. The van der Waals surface area contributed by atoms with Gasteiger partial charge in [-0.25, -0.2) is 0 Å². The number of carbonyl (C=O) groups is 2. The summed E-state index contributed by atoms with van der Waals surface area (Å²) in [4.78, 5) is 24.9. The first kappa shape index (κ1) is 12.4. The Bertz CT molecular complexity index is 332. The maximum atomic E-state index is 11.6. The SMILES string of the molecule is CNC(=O)C(C)N1CC2CCCC2C1C(=O)O. The lowest BCUT2D eigenvalue weighted by molar-refractivity contribution is -0.145. The molecule has 1 aliphatic heterocycles. The third-order valence-corrected chi connectivity index (χ3v) is 4.30. The van der Waals surface area contributed by atoms with Gasteiger partial charge in [0.15, 0.2) is 0 Å². The Hall–Kier alpha value is -1.10.